The van der Waals surface area contributed by atoms with Crippen LogP contribution >= 0.6 is 0 Å². The van der Waals surface area contributed by atoms with Crippen LogP contribution < -0.4 is 0 Å². The Hall–Kier alpha value is -19.9. The first kappa shape index (κ1) is 88.1. The largest absolute Gasteiger partial charge is 0.292 e. The van der Waals surface area contributed by atoms with Crippen molar-refractivity contribution in [2.24, 2.45) is 0 Å². The first-order valence-electron chi connectivity index (χ1n) is 50.9. The number of rotatable bonds is 15. The molecule has 0 fully saturated rings. The molecule has 0 radical (unpaired) electrons. The molecule has 0 saturated carbocycles. The van der Waals surface area contributed by atoms with Gasteiger partial charge in [-0.05, 0) is 277 Å². The van der Waals surface area contributed by atoms with Crippen molar-refractivity contribution in [2.45, 2.75) is 0 Å². The minimum Gasteiger partial charge on any atom is -0.292 e. The Morgan fingerprint density at radius 1 is 0.141 bits per heavy atom. The van der Waals surface area contributed by atoms with Crippen LogP contribution in [0, 0.1) is 0 Å². The average molecular weight is 1900 g/mol. The topological polar surface area (TPSA) is 66.3 Å². The van der Waals surface area contributed by atoms with Crippen molar-refractivity contribution in [3.05, 3.63) is 564 Å². The molecule has 0 aliphatic carbocycles. The summed E-state index contributed by atoms with van der Waals surface area (Å²) in [5.74, 6) is 2.78. The number of hydrogen-bond acceptors (Lipinski definition) is 4. The van der Waals surface area contributed by atoms with E-state index in [1.807, 2.05) is 18.3 Å². The minimum absolute atomic E-state index is 0.903. The van der Waals surface area contributed by atoms with Crippen molar-refractivity contribution < 1.29 is 0 Å². The molecule has 696 valence electrons. The zero-order valence-corrected chi connectivity index (χ0v) is 81.3. The van der Waals surface area contributed by atoms with E-state index in [4.69, 9.17) is 15.0 Å². The molecule has 4 aromatic heterocycles. The highest BCUT2D eigenvalue weighted by Crippen LogP contribution is 2.51. The van der Waals surface area contributed by atoms with Gasteiger partial charge in [0.05, 0.1) is 39.3 Å². The Bertz CT molecular complexity index is 10100. The molecular weight excluding hydrogens is 1800 g/mol. The lowest BCUT2D eigenvalue weighted by Gasteiger charge is -2.19. The molecule has 0 spiro atoms. The van der Waals surface area contributed by atoms with Gasteiger partial charge in [-0.3, -0.25) is 18.7 Å². The van der Waals surface area contributed by atoms with Crippen molar-refractivity contribution in [1.29, 1.82) is 0 Å². The van der Waals surface area contributed by atoms with Gasteiger partial charge in [-0.1, -0.05) is 461 Å². The third-order valence-electron chi connectivity index (χ3n) is 29.5. The Balaban J connectivity index is 0.000000110. The highest BCUT2D eigenvalue weighted by atomic mass is 15.1. The van der Waals surface area contributed by atoms with Gasteiger partial charge >= 0.3 is 0 Å². The maximum atomic E-state index is 5.18. The van der Waals surface area contributed by atoms with Crippen molar-refractivity contribution in [3.8, 4) is 151 Å². The number of benzene rings is 25. The molecule has 0 bridgehead atoms. The standard InChI is InChI=1S/2C49H32N2.C44H29N3/c1-3-15-35(16-4-1)47-40-21-9-10-22-41(40)48(36-17-5-2-6-18-36)44-32-37(28-31-42(44)47)33-26-29-38(30-27-33)51-46-25-12-11-24-45(46)50-49(51)43-23-13-19-34-14-7-8-20-39(34)43;1-3-14-35(15-4-1)47-41-19-9-10-20-42(41)48(36-16-5-2-6-17-36)44-32-38(27-30-43(44)47)34-25-28-40(29-26-34)51-46-22-12-11-21-45(46)50-49(51)39-24-23-33-13-7-8-18-37(33)31-39;1-4-12-31(13-5-1)42-36-18-10-11-19-37(36)43(32-14-6-2-7-15-32)39-28-34(22-25-38(39)42)30-20-23-35(24-21-30)47-41-29-45-27-26-40(41)46-44(47)33-16-8-3-9-17-33/h2*1-32H;1-29H. The average Bonchev–Trinajstić information content (AvgIpc) is 1.70. The highest BCUT2D eigenvalue weighted by molar-refractivity contribution is 6.25. The van der Waals surface area contributed by atoms with Crippen LogP contribution in [-0.2, 0) is 0 Å². The van der Waals surface area contributed by atoms with E-state index in [9.17, 15) is 0 Å². The lowest BCUT2D eigenvalue weighted by Crippen LogP contribution is -1.98. The number of aromatic nitrogens is 7. The fourth-order valence-electron chi connectivity index (χ4n) is 22.6. The zero-order chi connectivity index (χ0) is 98.6. The molecule has 29 aromatic rings. The molecule has 0 N–H and O–H groups in total. The monoisotopic (exact) mass is 1900 g/mol. The normalized spacial score (nSPS) is 11.5. The number of imidazole rings is 3. The van der Waals surface area contributed by atoms with Crippen molar-refractivity contribution in [2.75, 3.05) is 0 Å². The maximum absolute atomic E-state index is 5.18. The molecule has 0 unspecified atom stereocenters. The van der Waals surface area contributed by atoms with E-state index in [1.54, 1.807) is 6.20 Å². The molecule has 7 nitrogen and oxygen atoms in total. The predicted molar refractivity (Wildman–Crippen MR) is 626 cm³/mol. The number of hydrogen-bond donors (Lipinski definition) is 0. The van der Waals surface area contributed by atoms with Crippen molar-refractivity contribution in [1.82, 2.24) is 33.6 Å². The van der Waals surface area contributed by atoms with Gasteiger partial charge < -0.3 is 0 Å². The van der Waals surface area contributed by atoms with E-state index >= 15 is 0 Å². The lowest BCUT2D eigenvalue weighted by atomic mass is 9.85. The van der Waals surface area contributed by atoms with Gasteiger partial charge in [0, 0.05) is 39.9 Å². The second kappa shape index (κ2) is 38.1. The molecule has 4 heterocycles. The Labute approximate surface area is 862 Å². The molecular formula is C142H93N7. The molecule has 0 amide bonds. The molecule has 0 atom stereocenters. The molecule has 0 aliphatic heterocycles. The third kappa shape index (κ3) is 16.1. The number of pyridine rings is 1. The predicted octanol–water partition coefficient (Wildman–Crippen LogP) is 37.7. The summed E-state index contributed by atoms with van der Waals surface area (Å²) in [6.07, 6.45) is 3.69. The van der Waals surface area contributed by atoms with Crippen LogP contribution in [0.25, 0.3) is 271 Å². The first-order valence-corrected chi connectivity index (χ1v) is 50.9. The van der Waals surface area contributed by atoms with E-state index in [0.29, 0.717) is 0 Å². The van der Waals surface area contributed by atoms with Gasteiger partial charge in [-0.15, -0.1) is 0 Å². The molecule has 149 heavy (non-hydrogen) atoms. The quantitative estimate of drug-likeness (QED) is 0.0960. The summed E-state index contributed by atoms with van der Waals surface area (Å²) in [6, 6.07) is 198. The second-order valence-corrected chi connectivity index (χ2v) is 38.1. The van der Waals surface area contributed by atoms with Crippen LogP contribution in [-0.4, -0.2) is 33.6 Å². The number of fused-ring (bicyclic) bond motifs is 11. The Morgan fingerprint density at radius 3 is 0.799 bits per heavy atom. The third-order valence-corrected chi connectivity index (χ3v) is 29.5. The summed E-state index contributed by atoms with van der Waals surface area (Å²) >= 11 is 0. The molecule has 0 saturated heterocycles. The van der Waals surface area contributed by atoms with E-state index in [-0.39, 0.29) is 0 Å². The minimum atomic E-state index is 0.903. The summed E-state index contributed by atoms with van der Waals surface area (Å²) in [7, 11) is 0. The SMILES string of the molecule is c1ccc(-c2c3ccccc3c(-c3ccccc3)c3cc(-c4ccc(-n5c(-c6ccc7ccccc7c6)nc6ccccc65)cc4)ccc23)cc1.c1ccc(-c2c3ccccc3c(-c3ccccc3)c3cc(-c4ccc(-n5c(-c6cccc7ccccc67)nc6ccccc65)cc4)ccc23)cc1.c1ccc(-c2c3ccccc3c(-c3ccccc3)c3cc(-c4ccc(-n5c(-c6ccccc6)nc6ccncc65)cc4)ccc23)cc1. The lowest BCUT2D eigenvalue weighted by molar-refractivity contribution is 1.10. The molecule has 7 heteroatoms. The summed E-state index contributed by atoms with van der Waals surface area (Å²) in [4.78, 5) is 19.7. The zero-order valence-electron chi connectivity index (χ0n) is 81.3. The summed E-state index contributed by atoms with van der Waals surface area (Å²) in [5, 5.41) is 19.9. The van der Waals surface area contributed by atoms with Crippen LogP contribution in [0.2, 0.25) is 0 Å². The van der Waals surface area contributed by atoms with Gasteiger partial charge in [0.15, 0.2) is 0 Å². The van der Waals surface area contributed by atoms with Crippen molar-refractivity contribution in [3.63, 3.8) is 0 Å². The van der Waals surface area contributed by atoms with E-state index in [2.05, 4.69) is 559 Å². The van der Waals surface area contributed by atoms with E-state index in [1.165, 1.54) is 181 Å². The molecule has 0 aliphatic rings. The van der Waals surface area contributed by atoms with Crippen LogP contribution in [0.5, 0.6) is 0 Å². The van der Waals surface area contributed by atoms with E-state index in [0.717, 1.165) is 89.9 Å². The van der Waals surface area contributed by atoms with Crippen LogP contribution in [0.1, 0.15) is 0 Å². The van der Waals surface area contributed by atoms with Crippen molar-refractivity contribution >= 4 is 119 Å². The van der Waals surface area contributed by atoms with Crippen LogP contribution in [0.3, 0.4) is 0 Å². The second-order valence-electron chi connectivity index (χ2n) is 38.1. The number of nitrogens with zero attached hydrogens (tertiary/aromatic N) is 7. The maximum Gasteiger partial charge on any atom is 0.146 e. The summed E-state index contributed by atoms with van der Waals surface area (Å²) < 4.78 is 6.79. The Morgan fingerprint density at radius 2 is 0.409 bits per heavy atom. The fourth-order valence-corrected chi connectivity index (χ4v) is 22.6. The molecule has 25 aromatic carbocycles. The van der Waals surface area contributed by atoms with Gasteiger partial charge in [0.2, 0.25) is 0 Å². The Kier molecular flexibility index (Phi) is 22.5. The fraction of sp³-hybridized carbons (Fsp3) is 0. The summed E-state index contributed by atoms with van der Waals surface area (Å²) in [6.45, 7) is 0. The van der Waals surface area contributed by atoms with Gasteiger partial charge in [0.25, 0.3) is 0 Å². The first-order chi connectivity index (χ1) is 73.9. The number of para-hydroxylation sites is 4. The molecule has 29 rings (SSSR count). The van der Waals surface area contributed by atoms with Gasteiger partial charge in [-0.25, -0.2) is 15.0 Å². The highest BCUT2D eigenvalue weighted by Gasteiger charge is 2.26. The summed E-state index contributed by atoms with van der Waals surface area (Å²) in [5.41, 5.74) is 34.6. The smallest absolute Gasteiger partial charge is 0.146 e. The van der Waals surface area contributed by atoms with Gasteiger partial charge in [-0.2, -0.15) is 0 Å². The van der Waals surface area contributed by atoms with E-state index < -0.39 is 0 Å². The van der Waals surface area contributed by atoms with Gasteiger partial charge in [0.1, 0.15) is 17.5 Å². The van der Waals surface area contributed by atoms with Crippen LogP contribution in [0.4, 0.5) is 0 Å². The van der Waals surface area contributed by atoms with Crippen LogP contribution in [0.15, 0.2) is 564 Å².